The van der Waals surface area contributed by atoms with E-state index in [9.17, 15) is 15.0 Å². The molecule has 0 aliphatic heterocycles. The second kappa shape index (κ2) is 5.90. The van der Waals surface area contributed by atoms with E-state index >= 15 is 0 Å². The second-order valence-corrected chi connectivity index (χ2v) is 10.3. The summed E-state index contributed by atoms with van der Waals surface area (Å²) >= 11 is 0. The first-order valence-corrected chi connectivity index (χ1v) is 11.3. The Morgan fingerprint density at radius 2 is 1.96 bits per heavy atom. The summed E-state index contributed by atoms with van der Waals surface area (Å²) < 4.78 is 0. The van der Waals surface area contributed by atoms with E-state index in [-0.39, 0.29) is 35.0 Å². The molecule has 4 nitrogen and oxygen atoms in total. The van der Waals surface area contributed by atoms with E-state index in [0.717, 1.165) is 64.2 Å². The molecule has 4 fully saturated rings. The number of carbonyl (C=O) groups excluding carboxylic acids is 1. The fourth-order valence-electron chi connectivity index (χ4n) is 8.90. The van der Waals surface area contributed by atoms with Crippen molar-refractivity contribution in [2.24, 2.45) is 40.2 Å². The Morgan fingerprint density at radius 1 is 1.15 bits per heavy atom. The highest BCUT2D eigenvalue weighted by atomic mass is 16.3. The van der Waals surface area contributed by atoms with Crippen molar-refractivity contribution < 1.29 is 15.0 Å². The van der Waals surface area contributed by atoms with Gasteiger partial charge in [-0.1, -0.05) is 12.5 Å². The molecule has 0 aromatic rings. The van der Waals surface area contributed by atoms with Crippen molar-refractivity contribution in [2.45, 2.75) is 82.8 Å². The third kappa shape index (κ3) is 2.03. The van der Waals surface area contributed by atoms with Crippen LogP contribution in [0.25, 0.3) is 0 Å². The number of carbonyl (C=O) groups is 1. The Morgan fingerprint density at radius 3 is 2.63 bits per heavy atom. The van der Waals surface area contributed by atoms with Crippen LogP contribution in [0.1, 0.15) is 71.1 Å². The summed E-state index contributed by atoms with van der Waals surface area (Å²) in [6, 6.07) is 0. The minimum absolute atomic E-state index is 0.0175. The number of ketones is 1. The Hall–Kier alpha value is -0.710. The molecule has 0 aromatic carbocycles. The Balaban J connectivity index is 1.62. The number of fused-ring (bicyclic) bond motifs is 7. The second-order valence-electron chi connectivity index (χ2n) is 10.3. The molecule has 27 heavy (non-hydrogen) atoms. The maximum Gasteiger partial charge on any atom is 0.159 e. The van der Waals surface area contributed by atoms with E-state index in [1.54, 1.807) is 0 Å². The van der Waals surface area contributed by atoms with Crippen LogP contribution in [0, 0.1) is 34.5 Å². The van der Waals surface area contributed by atoms with Gasteiger partial charge in [0.25, 0.3) is 0 Å². The van der Waals surface area contributed by atoms with Crippen LogP contribution in [-0.2, 0) is 4.79 Å². The summed E-state index contributed by atoms with van der Waals surface area (Å²) in [4.78, 5) is 12.6. The van der Waals surface area contributed by atoms with Crippen LogP contribution in [0.2, 0.25) is 0 Å². The van der Waals surface area contributed by atoms with Crippen LogP contribution >= 0.6 is 0 Å². The molecule has 4 saturated carbocycles. The lowest BCUT2D eigenvalue weighted by Crippen LogP contribution is -2.70. The fraction of sp³-hybridized carbons (Fsp3) is 0.870. The van der Waals surface area contributed by atoms with Crippen molar-refractivity contribution in [2.75, 3.05) is 6.61 Å². The fourth-order valence-corrected chi connectivity index (χ4v) is 8.90. The molecule has 0 aromatic heterocycles. The van der Waals surface area contributed by atoms with E-state index in [2.05, 4.69) is 6.92 Å². The van der Waals surface area contributed by atoms with Crippen molar-refractivity contribution in [1.82, 2.24) is 0 Å². The summed E-state index contributed by atoms with van der Waals surface area (Å²) in [6.45, 7) is 2.40. The summed E-state index contributed by atoms with van der Waals surface area (Å²) in [7, 11) is 0. The van der Waals surface area contributed by atoms with E-state index in [0.29, 0.717) is 23.5 Å². The minimum atomic E-state index is -0.265. The van der Waals surface area contributed by atoms with E-state index in [4.69, 9.17) is 5.73 Å². The predicted octanol–water partition coefficient (Wildman–Crippen LogP) is 2.96. The number of hydrogen-bond donors (Lipinski definition) is 3. The van der Waals surface area contributed by atoms with Gasteiger partial charge in [0.1, 0.15) is 0 Å². The molecule has 0 spiro atoms. The molecule has 8 atom stereocenters. The lowest BCUT2D eigenvalue weighted by molar-refractivity contribution is -0.154. The van der Waals surface area contributed by atoms with Crippen LogP contribution < -0.4 is 5.73 Å². The van der Waals surface area contributed by atoms with E-state index in [1.807, 2.05) is 6.08 Å². The summed E-state index contributed by atoms with van der Waals surface area (Å²) in [5, 5.41) is 20.9. The van der Waals surface area contributed by atoms with Gasteiger partial charge in [-0.15, -0.1) is 0 Å². The summed E-state index contributed by atoms with van der Waals surface area (Å²) in [5.74, 6) is 1.58. The van der Waals surface area contributed by atoms with Crippen molar-refractivity contribution in [3.63, 3.8) is 0 Å². The number of aliphatic hydroxyl groups is 2. The molecule has 5 aliphatic rings. The standard InChI is InChI=1S/C23H35NO3/c1-2-21-9-8-19-22(11-12-25)14(13-17(26)15-3-4-16(15)22)7-10-23(19,24)18(21)5-6-20(21)27/h13,15-16,18-20,25,27H,2-12,24H2,1H3/t15-,16+,18+,19+,20-,21-,22+,23+/m0/s1. The average molecular weight is 374 g/mol. The van der Waals surface area contributed by atoms with Gasteiger partial charge in [0.05, 0.1) is 6.10 Å². The van der Waals surface area contributed by atoms with Gasteiger partial charge in [0.2, 0.25) is 0 Å². The van der Waals surface area contributed by atoms with Gasteiger partial charge in [0.15, 0.2) is 5.78 Å². The molecule has 0 unspecified atom stereocenters. The molecular formula is C23H35NO3. The first-order chi connectivity index (χ1) is 12.9. The number of allylic oxidation sites excluding steroid dienone is 1. The van der Waals surface area contributed by atoms with Crippen molar-refractivity contribution >= 4 is 5.78 Å². The highest BCUT2D eigenvalue weighted by Crippen LogP contribution is 2.71. The van der Waals surface area contributed by atoms with Crippen LogP contribution in [0.4, 0.5) is 0 Å². The van der Waals surface area contributed by atoms with E-state index in [1.165, 1.54) is 5.57 Å². The monoisotopic (exact) mass is 373 g/mol. The maximum absolute atomic E-state index is 12.6. The number of rotatable bonds is 3. The molecule has 5 rings (SSSR count). The normalized spacial score (nSPS) is 53.6. The van der Waals surface area contributed by atoms with Crippen molar-refractivity contribution in [3.05, 3.63) is 11.6 Å². The lowest BCUT2D eigenvalue weighted by atomic mass is 9.37. The molecular weight excluding hydrogens is 338 g/mol. The molecule has 0 amide bonds. The minimum Gasteiger partial charge on any atom is -0.396 e. The molecule has 0 heterocycles. The Bertz CT molecular complexity index is 689. The zero-order chi connectivity index (χ0) is 19.0. The molecule has 0 bridgehead atoms. The van der Waals surface area contributed by atoms with E-state index < -0.39 is 0 Å². The molecule has 5 aliphatic carbocycles. The van der Waals surface area contributed by atoms with Gasteiger partial charge in [-0.25, -0.2) is 0 Å². The number of hydrogen-bond acceptors (Lipinski definition) is 4. The predicted molar refractivity (Wildman–Crippen MR) is 104 cm³/mol. The third-order valence-electron chi connectivity index (χ3n) is 10.1. The first kappa shape index (κ1) is 18.3. The van der Waals surface area contributed by atoms with Crippen LogP contribution in [-0.4, -0.2) is 34.2 Å². The summed E-state index contributed by atoms with van der Waals surface area (Å²) in [6.07, 6.45) is 11.4. The zero-order valence-electron chi connectivity index (χ0n) is 16.6. The van der Waals surface area contributed by atoms with Gasteiger partial charge < -0.3 is 15.9 Å². The highest BCUT2D eigenvalue weighted by molar-refractivity contribution is 5.95. The topological polar surface area (TPSA) is 83.6 Å². The largest absolute Gasteiger partial charge is 0.396 e. The van der Waals surface area contributed by atoms with Crippen LogP contribution in [0.3, 0.4) is 0 Å². The first-order valence-electron chi connectivity index (χ1n) is 11.3. The smallest absolute Gasteiger partial charge is 0.159 e. The number of nitrogens with two attached hydrogens (primary N) is 1. The molecule has 4 heteroatoms. The number of aliphatic hydroxyl groups excluding tert-OH is 2. The Kier molecular flexibility index (Phi) is 4.00. The highest BCUT2D eigenvalue weighted by Gasteiger charge is 2.69. The van der Waals surface area contributed by atoms with Gasteiger partial charge in [0, 0.05) is 28.9 Å². The zero-order valence-corrected chi connectivity index (χ0v) is 16.6. The molecule has 150 valence electrons. The third-order valence-corrected chi connectivity index (χ3v) is 10.1. The van der Waals surface area contributed by atoms with Crippen LogP contribution in [0.5, 0.6) is 0 Å². The SMILES string of the molecule is CC[C@]12CC[C@H]3[C@@](N)(CCC4=CC(=O)[C@H]5CC[C@H]5[C@@]43CCO)[C@@H]1CC[C@@H]2O. The quantitative estimate of drug-likeness (QED) is 0.710. The molecule has 0 saturated heterocycles. The van der Waals surface area contributed by atoms with Crippen molar-refractivity contribution in [3.8, 4) is 0 Å². The van der Waals surface area contributed by atoms with Crippen LogP contribution in [0.15, 0.2) is 11.6 Å². The average Bonchev–Trinajstić information content (AvgIpc) is 2.94. The van der Waals surface area contributed by atoms with Gasteiger partial charge in [-0.3, -0.25) is 4.79 Å². The molecule has 0 radical (unpaired) electrons. The summed E-state index contributed by atoms with van der Waals surface area (Å²) in [5.41, 5.74) is 8.30. The lowest BCUT2D eigenvalue weighted by Gasteiger charge is -2.68. The molecule has 4 N–H and O–H groups in total. The van der Waals surface area contributed by atoms with Gasteiger partial charge >= 0.3 is 0 Å². The Labute approximate surface area is 162 Å². The van der Waals surface area contributed by atoms with Gasteiger partial charge in [-0.05, 0) is 88.0 Å². The maximum atomic E-state index is 12.6. The van der Waals surface area contributed by atoms with Crippen molar-refractivity contribution in [1.29, 1.82) is 0 Å². The van der Waals surface area contributed by atoms with Gasteiger partial charge in [-0.2, -0.15) is 0 Å².